The Morgan fingerprint density at radius 1 is 1.60 bits per heavy atom. The van der Waals surface area contributed by atoms with Gasteiger partial charge in [-0.3, -0.25) is 0 Å². The molecule has 4 atom stereocenters. The largest absolute Gasteiger partial charge is 0.385 e. The molecule has 3 N–H and O–H groups in total. The monoisotopic (exact) mass is 148 g/mol. The lowest BCUT2D eigenvalue weighted by atomic mass is 10.2. The van der Waals surface area contributed by atoms with E-state index in [1.54, 1.807) is 0 Å². The Morgan fingerprint density at radius 2 is 2.30 bits per heavy atom. The standard InChI is InChI=1S/C5H8O5/c6-3-4(10-8)9-2-1-5(2,3)7/h2-4,6-8H,1H2/t2?,3-,4-,5-/m1/s1. The van der Waals surface area contributed by atoms with E-state index in [0.29, 0.717) is 6.42 Å². The fourth-order valence-corrected chi connectivity index (χ4v) is 1.27. The van der Waals surface area contributed by atoms with Gasteiger partial charge < -0.3 is 14.9 Å². The summed E-state index contributed by atoms with van der Waals surface area (Å²) in [6, 6.07) is 0. The molecular weight excluding hydrogens is 140 g/mol. The van der Waals surface area contributed by atoms with Gasteiger partial charge >= 0.3 is 0 Å². The predicted octanol–water partition coefficient (Wildman–Crippen LogP) is -1.30. The first-order valence-corrected chi connectivity index (χ1v) is 3.04. The van der Waals surface area contributed by atoms with Crippen molar-refractivity contribution in [3.8, 4) is 0 Å². The molecule has 2 fully saturated rings. The molecule has 1 aliphatic carbocycles. The maximum absolute atomic E-state index is 9.27. The number of rotatable bonds is 1. The second-order valence-electron chi connectivity index (χ2n) is 2.74. The summed E-state index contributed by atoms with van der Waals surface area (Å²) < 4.78 is 4.83. The van der Waals surface area contributed by atoms with Crippen molar-refractivity contribution in [3.05, 3.63) is 0 Å². The molecule has 0 amide bonds. The Morgan fingerprint density at radius 3 is 2.60 bits per heavy atom. The van der Waals surface area contributed by atoms with Gasteiger partial charge in [-0.05, 0) is 0 Å². The minimum Gasteiger partial charge on any atom is -0.385 e. The molecule has 5 heteroatoms. The van der Waals surface area contributed by atoms with Crippen LogP contribution in [0.5, 0.6) is 0 Å². The van der Waals surface area contributed by atoms with Gasteiger partial charge in [-0.25, -0.2) is 10.1 Å². The van der Waals surface area contributed by atoms with Crippen molar-refractivity contribution in [1.29, 1.82) is 0 Å². The molecule has 1 saturated heterocycles. The van der Waals surface area contributed by atoms with Crippen LogP contribution in [0.25, 0.3) is 0 Å². The van der Waals surface area contributed by atoms with E-state index in [0.717, 1.165) is 0 Å². The summed E-state index contributed by atoms with van der Waals surface area (Å²) in [6.07, 6.45) is -2.14. The zero-order valence-electron chi connectivity index (χ0n) is 5.10. The molecule has 5 nitrogen and oxygen atoms in total. The van der Waals surface area contributed by atoms with E-state index in [4.69, 9.17) is 15.1 Å². The molecule has 0 radical (unpaired) electrons. The van der Waals surface area contributed by atoms with Gasteiger partial charge in [-0.2, -0.15) is 0 Å². The van der Waals surface area contributed by atoms with Crippen molar-refractivity contribution >= 4 is 0 Å². The number of hydrogen-bond donors (Lipinski definition) is 3. The van der Waals surface area contributed by atoms with Crippen LogP contribution in [0.3, 0.4) is 0 Å². The summed E-state index contributed by atoms with van der Waals surface area (Å²) in [5, 5.41) is 26.5. The number of fused-ring (bicyclic) bond motifs is 1. The van der Waals surface area contributed by atoms with E-state index < -0.39 is 18.0 Å². The van der Waals surface area contributed by atoms with Gasteiger partial charge in [-0.1, -0.05) is 0 Å². The second-order valence-corrected chi connectivity index (χ2v) is 2.74. The van der Waals surface area contributed by atoms with Crippen molar-refractivity contribution < 1.29 is 25.1 Å². The first-order valence-electron chi connectivity index (χ1n) is 3.04. The van der Waals surface area contributed by atoms with Crippen LogP contribution in [0.2, 0.25) is 0 Å². The van der Waals surface area contributed by atoms with Gasteiger partial charge in [0, 0.05) is 6.42 Å². The van der Waals surface area contributed by atoms with E-state index >= 15 is 0 Å². The van der Waals surface area contributed by atoms with E-state index in [1.807, 2.05) is 0 Å². The molecule has 58 valence electrons. The fourth-order valence-electron chi connectivity index (χ4n) is 1.27. The molecule has 2 aliphatic rings. The lowest BCUT2D eigenvalue weighted by molar-refractivity contribution is -0.357. The number of aliphatic hydroxyl groups is 2. The summed E-state index contributed by atoms with van der Waals surface area (Å²) >= 11 is 0. The molecule has 10 heavy (non-hydrogen) atoms. The molecule has 0 aromatic carbocycles. The normalized spacial score (nSPS) is 58.5. The van der Waals surface area contributed by atoms with Gasteiger partial charge in [0.05, 0.1) is 6.10 Å². The Balaban J connectivity index is 2.09. The third-order valence-corrected chi connectivity index (χ3v) is 2.08. The Bertz CT molecular complexity index is 160. The van der Waals surface area contributed by atoms with E-state index in [1.165, 1.54) is 0 Å². The maximum atomic E-state index is 9.27. The molecule has 1 saturated carbocycles. The maximum Gasteiger partial charge on any atom is 0.220 e. The minimum absolute atomic E-state index is 0.361. The lowest BCUT2D eigenvalue weighted by Crippen LogP contribution is -2.35. The van der Waals surface area contributed by atoms with E-state index in [2.05, 4.69) is 4.89 Å². The average Bonchev–Trinajstić information content (AvgIpc) is 2.51. The number of hydrogen-bond acceptors (Lipinski definition) is 5. The minimum atomic E-state index is -1.16. The van der Waals surface area contributed by atoms with Gasteiger partial charge in [0.2, 0.25) is 6.29 Å². The van der Waals surface area contributed by atoms with E-state index in [9.17, 15) is 5.11 Å². The van der Waals surface area contributed by atoms with Crippen LogP contribution in [0.15, 0.2) is 0 Å². The Hall–Kier alpha value is -0.200. The van der Waals surface area contributed by atoms with Crippen LogP contribution in [-0.2, 0) is 9.62 Å². The first kappa shape index (κ1) is 6.51. The molecular formula is C5H8O5. The van der Waals surface area contributed by atoms with Crippen LogP contribution in [0.4, 0.5) is 0 Å². The zero-order valence-corrected chi connectivity index (χ0v) is 5.10. The van der Waals surface area contributed by atoms with Crippen LogP contribution in [0.1, 0.15) is 6.42 Å². The Kier molecular flexibility index (Phi) is 1.10. The second kappa shape index (κ2) is 1.69. The molecule has 2 rings (SSSR count). The average molecular weight is 148 g/mol. The quantitative estimate of drug-likeness (QED) is 0.318. The van der Waals surface area contributed by atoms with Crippen molar-refractivity contribution in [2.75, 3.05) is 0 Å². The molecule has 1 aliphatic heterocycles. The van der Waals surface area contributed by atoms with Crippen LogP contribution >= 0.6 is 0 Å². The highest BCUT2D eigenvalue weighted by Gasteiger charge is 2.68. The summed E-state index contributed by atoms with van der Waals surface area (Å²) in [7, 11) is 0. The molecule has 0 aromatic heterocycles. The highest BCUT2D eigenvalue weighted by atomic mass is 17.1. The van der Waals surface area contributed by atoms with Crippen LogP contribution in [0, 0.1) is 0 Å². The summed E-state index contributed by atoms with van der Waals surface area (Å²) in [4.78, 5) is 3.76. The van der Waals surface area contributed by atoms with Gasteiger partial charge in [0.15, 0.2) is 0 Å². The van der Waals surface area contributed by atoms with Gasteiger partial charge in [0.1, 0.15) is 11.7 Å². The molecule has 0 bridgehead atoms. The highest BCUT2D eigenvalue weighted by molar-refractivity contribution is 5.15. The third-order valence-electron chi connectivity index (χ3n) is 2.08. The number of aliphatic hydroxyl groups excluding tert-OH is 1. The van der Waals surface area contributed by atoms with Crippen molar-refractivity contribution in [2.24, 2.45) is 0 Å². The summed E-state index contributed by atoms with van der Waals surface area (Å²) in [5.74, 6) is 0. The highest BCUT2D eigenvalue weighted by Crippen LogP contribution is 2.49. The van der Waals surface area contributed by atoms with Crippen LogP contribution < -0.4 is 0 Å². The Labute approximate surface area is 56.7 Å². The topological polar surface area (TPSA) is 79.2 Å². The smallest absolute Gasteiger partial charge is 0.220 e. The van der Waals surface area contributed by atoms with E-state index in [-0.39, 0.29) is 6.10 Å². The molecule has 1 unspecified atom stereocenters. The summed E-state index contributed by atoms with van der Waals surface area (Å²) in [5.41, 5.74) is -1.16. The number of ether oxygens (including phenoxy) is 1. The van der Waals surface area contributed by atoms with Crippen molar-refractivity contribution in [2.45, 2.75) is 30.5 Å². The SMILES string of the molecule is OO[C@H]1OC2C[C@]2(O)[C@@H]1O. The zero-order chi connectivity index (χ0) is 7.35. The van der Waals surface area contributed by atoms with Crippen LogP contribution in [-0.4, -0.2) is 39.6 Å². The molecule has 1 heterocycles. The fraction of sp³-hybridized carbons (Fsp3) is 1.00. The van der Waals surface area contributed by atoms with Crippen molar-refractivity contribution in [1.82, 2.24) is 0 Å². The van der Waals surface area contributed by atoms with Gasteiger partial charge in [0.25, 0.3) is 0 Å². The summed E-state index contributed by atoms with van der Waals surface area (Å²) in [6.45, 7) is 0. The lowest BCUT2D eigenvalue weighted by Gasteiger charge is -2.15. The molecule has 0 spiro atoms. The third kappa shape index (κ3) is 0.586. The first-order chi connectivity index (χ1) is 4.68. The van der Waals surface area contributed by atoms with Gasteiger partial charge in [-0.15, -0.1) is 0 Å². The molecule has 0 aromatic rings. The predicted molar refractivity (Wildman–Crippen MR) is 27.9 cm³/mol. The van der Waals surface area contributed by atoms with Crippen molar-refractivity contribution in [3.63, 3.8) is 0 Å².